The van der Waals surface area contributed by atoms with Gasteiger partial charge in [0.05, 0.1) is 11.5 Å². The number of hydrogen-bond donors (Lipinski definition) is 0. The van der Waals surface area contributed by atoms with Gasteiger partial charge in [0.1, 0.15) is 0 Å². The number of piperazine rings is 1. The molecule has 1 aliphatic carbocycles. The van der Waals surface area contributed by atoms with Gasteiger partial charge in [0, 0.05) is 38.5 Å². The van der Waals surface area contributed by atoms with Gasteiger partial charge in [0.25, 0.3) is 6.10 Å². The Kier molecular flexibility index (Phi) is 8.87. The van der Waals surface area contributed by atoms with E-state index in [1.54, 1.807) is 0 Å². The van der Waals surface area contributed by atoms with Crippen molar-refractivity contribution in [3.05, 3.63) is 24.0 Å². The van der Waals surface area contributed by atoms with Crippen molar-refractivity contribution < 1.29 is 53.4 Å². The van der Waals surface area contributed by atoms with E-state index in [0.717, 1.165) is 42.9 Å². The van der Waals surface area contributed by atoms with E-state index in [-0.39, 0.29) is 55.4 Å². The highest BCUT2D eigenvalue weighted by atomic mass is 32.2. The molecule has 0 spiro atoms. The highest BCUT2D eigenvalue weighted by Gasteiger charge is 2.60. The van der Waals surface area contributed by atoms with E-state index in [4.69, 9.17) is 4.74 Å². The Balaban J connectivity index is 1.43. The third-order valence-electron chi connectivity index (χ3n) is 6.52. The maximum absolute atomic E-state index is 14.2. The fourth-order valence-electron chi connectivity index (χ4n) is 4.48. The number of halogens is 7. The van der Waals surface area contributed by atoms with E-state index in [1.807, 2.05) is 4.90 Å². The maximum atomic E-state index is 14.2. The maximum Gasteiger partial charge on any atom is 0.434 e. The minimum Gasteiger partial charge on any atom is -0.490 e. The number of carbonyl (C=O) groups is 1. The summed E-state index contributed by atoms with van der Waals surface area (Å²) in [4.78, 5) is 14.7. The summed E-state index contributed by atoms with van der Waals surface area (Å²) in [5, 5.41) is 0. The normalized spacial score (nSPS) is 22.2. The predicted octanol–water partition coefficient (Wildman–Crippen LogP) is 4.41. The van der Waals surface area contributed by atoms with Crippen molar-refractivity contribution in [3.8, 4) is 5.75 Å². The first-order chi connectivity index (χ1) is 17.1. The molecule has 0 aromatic heterocycles. The van der Waals surface area contributed by atoms with Crippen molar-refractivity contribution in [2.24, 2.45) is 5.92 Å². The Morgan fingerprint density at radius 1 is 1.00 bits per heavy atom. The lowest BCUT2D eigenvalue weighted by Crippen LogP contribution is -2.55. The van der Waals surface area contributed by atoms with E-state index in [2.05, 4.69) is 4.74 Å². The topological polar surface area (TPSA) is 76.2 Å². The van der Waals surface area contributed by atoms with Crippen LogP contribution in [0, 0.1) is 11.7 Å². The molecule has 1 aromatic rings. The van der Waals surface area contributed by atoms with Crippen molar-refractivity contribution >= 4 is 15.9 Å². The van der Waals surface area contributed by atoms with E-state index >= 15 is 0 Å². The van der Waals surface area contributed by atoms with Gasteiger partial charge in [0.2, 0.25) is 0 Å². The van der Waals surface area contributed by atoms with Crippen LogP contribution in [-0.2, 0) is 14.6 Å². The summed E-state index contributed by atoms with van der Waals surface area (Å²) in [6.07, 6.45) is -13.4. The minimum absolute atomic E-state index is 0.0455. The van der Waals surface area contributed by atoms with Gasteiger partial charge in [-0.1, -0.05) is 0 Å². The van der Waals surface area contributed by atoms with Crippen LogP contribution in [0.15, 0.2) is 23.1 Å². The van der Waals surface area contributed by atoms with Gasteiger partial charge < -0.3 is 14.4 Å². The summed E-state index contributed by atoms with van der Waals surface area (Å²) < 4.78 is 122. The lowest BCUT2D eigenvalue weighted by Gasteiger charge is -2.41. The highest BCUT2D eigenvalue weighted by Crippen LogP contribution is 2.36. The number of carbonyl (C=O) groups excluding carboxylic acids is 1. The van der Waals surface area contributed by atoms with Crippen molar-refractivity contribution in [3.63, 3.8) is 0 Å². The molecule has 0 N–H and O–H groups in total. The molecule has 37 heavy (non-hydrogen) atoms. The molecule has 7 nitrogen and oxygen atoms in total. The first-order valence-corrected chi connectivity index (χ1v) is 13.4. The summed E-state index contributed by atoms with van der Waals surface area (Å²) in [7, 11) is -3.54. The van der Waals surface area contributed by atoms with Crippen LogP contribution in [0.5, 0.6) is 5.75 Å². The average molecular weight is 565 g/mol. The number of hydrogen-bond acceptors (Lipinski definition) is 6. The lowest BCUT2D eigenvalue weighted by molar-refractivity contribution is -0.308. The first-order valence-electron chi connectivity index (χ1n) is 11.5. The Morgan fingerprint density at radius 2 is 1.57 bits per heavy atom. The molecule has 3 rings (SSSR count). The van der Waals surface area contributed by atoms with Crippen LogP contribution in [0.1, 0.15) is 25.7 Å². The number of nitrogens with zero attached hydrogens (tertiary/aromatic N) is 2. The molecule has 0 radical (unpaired) electrons. The van der Waals surface area contributed by atoms with Crippen LogP contribution in [-0.4, -0.2) is 87.9 Å². The Hall–Kier alpha value is -2.29. The SMILES string of the molecule is CS(=O)(=O)c1ccc(OC[C@H]2CC[C@H](N3CCN(C(=O)OC(C(F)(F)F)C(F)(F)F)CC3)CC2)c(F)c1. The molecule has 1 aliphatic heterocycles. The fourth-order valence-corrected chi connectivity index (χ4v) is 5.11. The van der Waals surface area contributed by atoms with E-state index in [0.29, 0.717) is 0 Å². The summed E-state index contributed by atoms with van der Waals surface area (Å²) in [6, 6.07) is 3.57. The smallest absolute Gasteiger partial charge is 0.434 e. The number of sulfone groups is 1. The Morgan fingerprint density at radius 3 is 2.05 bits per heavy atom. The molecule has 2 fully saturated rings. The molecule has 0 unspecified atom stereocenters. The van der Waals surface area contributed by atoms with Gasteiger partial charge in [-0.2, -0.15) is 26.3 Å². The zero-order valence-corrected chi connectivity index (χ0v) is 20.6. The number of alkyl halides is 6. The second-order valence-electron chi connectivity index (χ2n) is 9.22. The van der Waals surface area contributed by atoms with Crippen LogP contribution in [0.3, 0.4) is 0 Å². The second-order valence-corrected chi connectivity index (χ2v) is 11.2. The molecular formula is C22H27F7N2O5S. The summed E-state index contributed by atoms with van der Waals surface area (Å²) in [5.74, 6) is -0.691. The van der Waals surface area contributed by atoms with Crippen LogP contribution in [0.2, 0.25) is 0 Å². The minimum atomic E-state index is -5.76. The molecule has 1 heterocycles. The summed E-state index contributed by atoms with van der Waals surface area (Å²) >= 11 is 0. The van der Waals surface area contributed by atoms with Crippen LogP contribution >= 0.6 is 0 Å². The number of amides is 1. The van der Waals surface area contributed by atoms with Crippen molar-refractivity contribution in [1.29, 1.82) is 0 Å². The molecule has 1 aromatic carbocycles. The molecule has 0 bridgehead atoms. The third-order valence-corrected chi connectivity index (χ3v) is 7.63. The summed E-state index contributed by atoms with van der Waals surface area (Å²) in [6.45, 7) is 0.671. The quantitative estimate of drug-likeness (QED) is 0.477. The first kappa shape index (κ1) is 29.3. The largest absolute Gasteiger partial charge is 0.490 e. The van der Waals surface area contributed by atoms with E-state index in [1.165, 1.54) is 12.1 Å². The summed E-state index contributed by atoms with van der Waals surface area (Å²) in [5.41, 5.74) is 0. The predicted molar refractivity (Wildman–Crippen MR) is 116 cm³/mol. The van der Waals surface area contributed by atoms with E-state index < -0.39 is 40.2 Å². The zero-order valence-electron chi connectivity index (χ0n) is 19.8. The van der Waals surface area contributed by atoms with Gasteiger partial charge in [-0.3, -0.25) is 4.90 Å². The van der Waals surface area contributed by atoms with Gasteiger partial charge in [0.15, 0.2) is 21.4 Å². The van der Waals surface area contributed by atoms with E-state index in [9.17, 15) is 43.9 Å². The second kappa shape index (κ2) is 11.2. The lowest BCUT2D eigenvalue weighted by atomic mass is 9.85. The van der Waals surface area contributed by atoms with Crippen LogP contribution < -0.4 is 4.74 Å². The Bertz CT molecular complexity index is 1030. The fraction of sp³-hybridized carbons (Fsp3) is 0.682. The third kappa shape index (κ3) is 7.85. The van der Waals surface area contributed by atoms with Gasteiger partial charge >= 0.3 is 18.4 Å². The number of ether oxygens (including phenoxy) is 2. The molecule has 210 valence electrons. The van der Waals surface area contributed by atoms with Crippen molar-refractivity contribution in [2.75, 3.05) is 39.0 Å². The zero-order chi connectivity index (χ0) is 27.6. The van der Waals surface area contributed by atoms with Crippen molar-refractivity contribution in [2.45, 2.75) is 55.1 Å². The molecule has 2 aliphatic rings. The number of rotatable bonds is 6. The van der Waals surface area contributed by atoms with Crippen LogP contribution in [0.4, 0.5) is 35.5 Å². The van der Waals surface area contributed by atoms with Gasteiger partial charge in [-0.25, -0.2) is 17.6 Å². The Labute approximate surface area is 209 Å². The highest BCUT2D eigenvalue weighted by molar-refractivity contribution is 7.90. The molecular weight excluding hydrogens is 537 g/mol. The van der Waals surface area contributed by atoms with Crippen LogP contribution in [0.25, 0.3) is 0 Å². The number of benzene rings is 1. The van der Waals surface area contributed by atoms with Gasteiger partial charge in [-0.15, -0.1) is 0 Å². The van der Waals surface area contributed by atoms with Crippen molar-refractivity contribution in [1.82, 2.24) is 9.80 Å². The molecule has 1 saturated carbocycles. The average Bonchev–Trinajstić information content (AvgIpc) is 2.80. The van der Waals surface area contributed by atoms with Gasteiger partial charge in [-0.05, 0) is 49.8 Å². The molecule has 1 saturated heterocycles. The molecule has 15 heteroatoms. The molecule has 0 atom stereocenters. The molecule has 1 amide bonds. The standard InChI is InChI=1S/C22H27F7N2O5S/c1-37(33,34)16-6-7-18(17(23)12-16)35-13-14-2-4-15(5-3-14)30-8-10-31(11-9-30)20(32)36-19(21(24,25)26)22(27,28)29/h6-7,12,14-15,19H,2-5,8-11,13H2,1H3/t14-,15-. The monoisotopic (exact) mass is 564 g/mol.